The second-order valence-electron chi connectivity index (χ2n) is 6.00. The van der Waals surface area contributed by atoms with E-state index in [4.69, 9.17) is 5.73 Å². The van der Waals surface area contributed by atoms with Crippen molar-refractivity contribution in [2.24, 2.45) is 0 Å². The van der Waals surface area contributed by atoms with Gasteiger partial charge >= 0.3 is 0 Å². The predicted molar refractivity (Wildman–Crippen MR) is 95.3 cm³/mol. The summed E-state index contributed by atoms with van der Waals surface area (Å²) in [6.45, 7) is 2.96. The summed E-state index contributed by atoms with van der Waals surface area (Å²) >= 11 is 1.17. The zero-order valence-electron chi connectivity index (χ0n) is 13.8. The summed E-state index contributed by atoms with van der Waals surface area (Å²) < 4.78 is 13.3. The number of piperidine rings is 1. The highest BCUT2D eigenvalue weighted by Crippen LogP contribution is 2.29. The van der Waals surface area contributed by atoms with Gasteiger partial charge in [0, 0.05) is 31.6 Å². The van der Waals surface area contributed by atoms with Crippen LogP contribution in [-0.2, 0) is 4.79 Å². The molecule has 1 saturated heterocycles. The number of carbonyl (C=O) groups is 2. The van der Waals surface area contributed by atoms with Gasteiger partial charge in [-0.1, -0.05) is 23.5 Å². The molecule has 3 rings (SSSR count). The number of thiazole rings is 1. The SMILES string of the molecule is CC(=O)N1CCC(Nc2nc(N)c(C(=O)c3cccc(F)c3)s2)CC1. The van der Waals surface area contributed by atoms with Crippen LogP contribution in [0.4, 0.5) is 15.3 Å². The summed E-state index contributed by atoms with van der Waals surface area (Å²) in [6.07, 6.45) is 1.62. The van der Waals surface area contributed by atoms with E-state index in [1.165, 1.54) is 29.5 Å². The molecule has 6 nitrogen and oxygen atoms in total. The second-order valence-corrected chi connectivity index (χ2v) is 7.00. The molecular weight excluding hydrogens is 343 g/mol. The van der Waals surface area contributed by atoms with Crippen molar-refractivity contribution in [2.75, 3.05) is 24.1 Å². The molecule has 1 aromatic carbocycles. The van der Waals surface area contributed by atoms with Crippen LogP contribution >= 0.6 is 11.3 Å². The second kappa shape index (κ2) is 7.18. The monoisotopic (exact) mass is 362 g/mol. The number of hydrogen-bond acceptors (Lipinski definition) is 6. The van der Waals surface area contributed by atoms with Crippen LogP contribution in [0.2, 0.25) is 0 Å². The van der Waals surface area contributed by atoms with Gasteiger partial charge < -0.3 is 16.0 Å². The van der Waals surface area contributed by atoms with Crippen LogP contribution < -0.4 is 11.1 Å². The molecular formula is C17H19FN4O2S. The molecule has 0 saturated carbocycles. The summed E-state index contributed by atoms with van der Waals surface area (Å²) in [7, 11) is 0. The third-order valence-corrected chi connectivity index (χ3v) is 5.22. The maximum Gasteiger partial charge on any atom is 0.219 e. The number of anilines is 2. The van der Waals surface area contributed by atoms with Gasteiger partial charge in [-0.2, -0.15) is 0 Å². The zero-order chi connectivity index (χ0) is 18.0. The Bertz CT molecular complexity index is 800. The molecule has 1 aliphatic rings. The number of aromatic nitrogens is 1. The molecule has 8 heteroatoms. The number of nitrogen functional groups attached to an aromatic ring is 1. The largest absolute Gasteiger partial charge is 0.382 e. The molecule has 25 heavy (non-hydrogen) atoms. The molecule has 0 spiro atoms. The average Bonchev–Trinajstić information content (AvgIpc) is 2.95. The van der Waals surface area contributed by atoms with E-state index in [0.29, 0.717) is 23.1 Å². The van der Waals surface area contributed by atoms with E-state index in [1.807, 2.05) is 4.90 Å². The Labute approximate surface area is 148 Å². The van der Waals surface area contributed by atoms with E-state index >= 15 is 0 Å². The maximum atomic E-state index is 13.3. The number of hydrogen-bond donors (Lipinski definition) is 2. The van der Waals surface area contributed by atoms with Gasteiger partial charge in [0.1, 0.15) is 16.5 Å². The number of benzene rings is 1. The van der Waals surface area contributed by atoms with Gasteiger partial charge in [-0.05, 0) is 25.0 Å². The van der Waals surface area contributed by atoms with Gasteiger partial charge in [0.2, 0.25) is 11.7 Å². The number of halogens is 1. The maximum absolute atomic E-state index is 13.3. The van der Waals surface area contributed by atoms with Crippen LogP contribution in [0.25, 0.3) is 0 Å². The van der Waals surface area contributed by atoms with Crippen molar-refractivity contribution in [1.82, 2.24) is 9.88 Å². The van der Waals surface area contributed by atoms with Crippen molar-refractivity contribution in [3.05, 3.63) is 40.5 Å². The van der Waals surface area contributed by atoms with Gasteiger partial charge in [-0.3, -0.25) is 9.59 Å². The number of rotatable bonds is 4. The third-order valence-electron chi connectivity index (χ3n) is 4.21. The molecule has 0 bridgehead atoms. The highest BCUT2D eigenvalue weighted by molar-refractivity contribution is 7.18. The Kier molecular flexibility index (Phi) is 4.98. The van der Waals surface area contributed by atoms with Crippen molar-refractivity contribution in [3.8, 4) is 0 Å². The molecule has 2 aromatic rings. The molecule has 0 radical (unpaired) electrons. The Morgan fingerprint density at radius 1 is 1.36 bits per heavy atom. The molecule has 0 unspecified atom stereocenters. The minimum atomic E-state index is -0.468. The number of nitrogens with zero attached hydrogens (tertiary/aromatic N) is 2. The Balaban J connectivity index is 1.69. The molecule has 132 valence electrons. The summed E-state index contributed by atoms with van der Waals surface area (Å²) in [6, 6.07) is 5.69. The molecule has 0 atom stereocenters. The number of likely N-dealkylation sites (tertiary alicyclic amines) is 1. The van der Waals surface area contributed by atoms with Gasteiger partial charge in [-0.15, -0.1) is 0 Å². The van der Waals surface area contributed by atoms with Gasteiger partial charge in [0.15, 0.2) is 5.13 Å². The van der Waals surface area contributed by atoms with Gasteiger partial charge in [0.25, 0.3) is 0 Å². The predicted octanol–water partition coefficient (Wildman–Crippen LogP) is 2.52. The highest BCUT2D eigenvalue weighted by Gasteiger charge is 2.23. The lowest BCUT2D eigenvalue weighted by molar-refractivity contribution is -0.129. The van der Waals surface area contributed by atoms with E-state index in [-0.39, 0.29) is 29.1 Å². The fourth-order valence-corrected chi connectivity index (χ4v) is 3.75. The van der Waals surface area contributed by atoms with Crippen LogP contribution in [0.1, 0.15) is 35.0 Å². The first kappa shape index (κ1) is 17.3. The van der Waals surface area contributed by atoms with E-state index < -0.39 is 5.82 Å². The molecule has 3 N–H and O–H groups in total. The van der Waals surface area contributed by atoms with Crippen LogP contribution in [0.5, 0.6) is 0 Å². The first-order valence-electron chi connectivity index (χ1n) is 8.02. The van der Waals surface area contributed by atoms with E-state index in [0.717, 1.165) is 12.8 Å². The Morgan fingerprint density at radius 2 is 2.08 bits per heavy atom. The van der Waals surface area contributed by atoms with E-state index in [2.05, 4.69) is 10.3 Å². The van der Waals surface area contributed by atoms with Crippen molar-refractivity contribution < 1.29 is 14.0 Å². The van der Waals surface area contributed by atoms with Crippen molar-refractivity contribution in [3.63, 3.8) is 0 Å². The topological polar surface area (TPSA) is 88.3 Å². The molecule has 1 aliphatic heterocycles. The fourth-order valence-electron chi connectivity index (χ4n) is 2.83. The quantitative estimate of drug-likeness (QED) is 0.816. The van der Waals surface area contributed by atoms with Crippen molar-refractivity contribution in [2.45, 2.75) is 25.8 Å². The molecule has 1 aromatic heterocycles. The van der Waals surface area contributed by atoms with Gasteiger partial charge in [0.05, 0.1) is 0 Å². The lowest BCUT2D eigenvalue weighted by Crippen LogP contribution is -2.41. The number of amides is 1. The smallest absolute Gasteiger partial charge is 0.219 e. The summed E-state index contributed by atoms with van der Waals surface area (Å²) in [5.41, 5.74) is 6.12. The number of nitrogens with one attached hydrogen (secondary N) is 1. The Morgan fingerprint density at radius 3 is 2.72 bits per heavy atom. The molecule has 2 heterocycles. The number of ketones is 1. The lowest BCUT2D eigenvalue weighted by atomic mass is 10.1. The summed E-state index contributed by atoms with van der Waals surface area (Å²) in [5, 5.41) is 3.85. The number of nitrogens with two attached hydrogens (primary N) is 1. The standard InChI is InChI=1S/C17H19FN4O2S/c1-10(23)22-7-5-13(6-8-22)20-17-21-16(19)15(25-17)14(24)11-3-2-4-12(18)9-11/h2-4,9,13H,5-8,19H2,1H3,(H,20,21). The normalized spacial score (nSPS) is 15.2. The first-order valence-corrected chi connectivity index (χ1v) is 8.84. The molecule has 1 amide bonds. The van der Waals surface area contributed by atoms with E-state index in [1.54, 1.807) is 13.0 Å². The van der Waals surface area contributed by atoms with E-state index in [9.17, 15) is 14.0 Å². The van der Waals surface area contributed by atoms with Crippen LogP contribution in [0.3, 0.4) is 0 Å². The third kappa shape index (κ3) is 3.96. The molecule has 1 fully saturated rings. The van der Waals surface area contributed by atoms with Crippen LogP contribution in [0, 0.1) is 5.82 Å². The Hall–Kier alpha value is -2.48. The van der Waals surface area contributed by atoms with Crippen molar-refractivity contribution in [1.29, 1.82) is 0 Å². The van der Waals surface area contributed by atoms with Gasteiger partial charge in [-0.25, -0.2) is 9.37 Å². The summed E-state index contributed by atoms with van der Waals surface area (Å²) in [5.74, 6) is -0.582. The van der Waals surface area contributed by atoms with Crippen LogP contribution in [-0.4, -0.2) is 40.7 Å². The highest BCUT2D eigenvalue weighted by atomic mass is 32.1. The number of carbonyl (C=O) groups excluding carboxylic acids is 2. The minimum absolute atomic E-state index is 0.0833. The lowest BCUT2D eigenvalue weighted by Gasteiger charge is -2.31. The average molecular weight is 362 g/mol. The zero-order valence-corrected chi connectivity index (χ0v) is 14.6. The van der Waals surface area contributed by atoms with Crippen LogP contribution in [0.15, 0.2) is 24.3 Å². The fraction of sp³-hybridized carbons (Fsp3) is 0.353. The minimum Gasteiger partial charge on any atom is -0.382 e. The first-order chi connectivity index (χ1) is 11.9. The van der Waals surface area contributed by atoms with Crippen molar-refractivity contribution >= 4 is 34.0 Å². The summed E-state index contributed by atoms with van der Waals surface area (Å²) in [4.78, 5) is 30.2. The molecule has 0 aliphatic carbocycles.